The summed E-state index contributed by atoms with van der Waals surface area (Å²) >= 11 is 0. The highest BCUT2D eigenvalue weighted by molar-refractivity contribution is 5.75. The minimum absolute atomic E-state index is 0.00795. The average molecular weight is 385 g/mol. The Balaban J connectivity index is 1.40. The molecule has 2 saturated carbocycles. The van der Waals surface area contributed by atoms with Crippen molar-refractivity contribution in [2.24, 2.45) is 23.7 Å². The van der Waals surface area contributed by atoms with Crippen LogP contribution in [0.25, 0.3) is 0 Å². The first-order valence-corrected chi connectivity index (χ1v) is 12.0. The van der Waals surface area contributed by atoms with Crippen LogP contribution in [0, 0.1) is 23.7 Å². The second kappa shape index (κ2) is 11.0. The number of benzene rings is 1. The summed E-state index contributed by atoms with van der Waals surface area (Å²) in [6.45, 7) is 4.52. The van der Waals surface area contributed by atoms with Crippen LogP contribution in [0.4, 0.5) is 0 Å². The fourth-order valence-electron chi connectivity index (χ4n) is 5.49. The van der Waals surface area contributed by atoms with Crippen molar-refractivity contribution >= 4 is 5.97 Å². The van der Waals surface area contributed by atoms with E-state index in [2.05, 4.69) is 26.0 Å². The van der Waals surface area contributed by atoms with Gasteiger partial charge < -0.3 is 4.74 Å². The number of ether oxygens (including phenoxy) is 1. The van der Waals surface area contributed by atoms with E-state index in [0.717, 1.165) is 37.0 Å². The molecule has 0 amide bonds. The molecule has 2 nitrogen and oxygen atoms in total. The fraction of sp³-hybridized carbons (Fsp3) is 0.731. The standard InChI is InChI=1S/C26H40O2/c1-3-5-7-21-10-18-25(19-11-21)28-26(27)24-16-14-23(15-17-24)22-12-8-20(6-4-2)9-13-22/h10-11,18-20,22-24H,3-9,12-17H2,1-2H3. The Hall–Kier alpha value is -1.31. The largest absolute Gasteiger partial charge is 0.426 e. The Kier molecular flexibility index (Phi) is 8.43. The van der Waals surface area contributed by atoms with Crippen LogP contribution in [0.5, 0.6) is 5.75 Å². The van der Waals surface area contributed by atoms with Gasteiger partial charge in [0.1, 0.15) is 5.75 Å². The minimum Gasteiger partial charge on any atom is -0.426 e. The van der Waals surface area contributed by atoms with Crippen LogP contribution in [-0.4, -0.2) is 5.97 Å². The molecule has 3 rings (SSSR count). The van der Waals surface area contributed by atoms with Crippen molar-refractivity contribution in [3.05, 3.63) is 29.8 Å². The number of rotatable bonds is 8. The SMILES string of the molecule is CCCCc1ccc(OC(=O)C2CCC(C3CCC(CCC)CC3)CC2)cc1. The van der Waals surface area contributed by atoms with E-state index >= 15 is 0 Å². The maximum Gasteiger partial charge on any atom is 0.314 e. The molecule has 0 heterocycles. The summed E-state index contributed by atoms with van der Waals surface area (Å²) in [6.07, 6.45) is 16.5. The Morgan fingerprint density at radius 2 is 1.46 bits per heavy atom. The topological polar surface area (TPSA) is 26.3 Å². The highest BCUT2D eigenvalue weighted by atomic mass is 16.5. The Morgan fingerprint density at radius 1 is 0.857 bits per heavy atom. The van der Waals surface area contributed by atoms with E-state index < -0.39 is 0 Å². The zero-order valence-electron chi connectivity index (χ0n) is 18.1. The molecule has 0 bridgehead atoms. The number of hydrogen-bond donors (Lipinski definition) is 0. The lowest BCUT2D eigenvalue weighted by Crippen LogP contribution is -2.30. The maximum atomic E-state index is 12.6. The second-order valence-electron chi connectivity index (χ2n) is 9.35. The molecule has 2 aliphatic rings. The molecule has 0 saturated heterocycles. The van der Waals surface area contributed by atoms with Crippen molar-refractivity contribution in [2.75, 3.05) is 0 Å². The lowest BCUT2D eigenvalue weighted by Gasteiger charge is -2.37. The van der Waals surface area contributed by atoms with Crippen LogP contribution in [0.15, 0.2) is 24.3 Å². The van der Waals surface area contributed by atoms with Crippen molar-refractivity contribution in [1.82, 2.24) is 0 Å². The normalized spacial score (nSPS) is 28.1. The smallest absolute Gasteiger partial charge is 0.314 e. The molecule has 28 heavy (non-hydrogen) atoms. The first-order chi connectivity index (χ1) is 13.7. The van der Waals surface area contributed by atoms with Crippen molar-refractivity contribution in [2.45, 2.75) is 97.3 Å². The van der Waals surface area contributed by atoms with Crippen LogP contribution in [0.3, 0.4) is 0 Å². The van der Waals surface area contributed by atoms with Gasteiger partial charge in [-0.15, -0.1) is 0 Å². The number of esters is 1. The van der Waals surface area contributed by atoms with Crippen molar-refractivity contribution in [1.29, 1.82) is 0 Å². The van der Waals surface area contributed by atoms with E-state index in [0.29, 0.717) is 5.75 Å². The number of carbonyl (C=O) groups excluding carboxylic acids is 1. The number of aryl methyl sites for hydroxylation is 1. The summed E-state index contributed by atoms with van der Waals surface area (Å²) in [7, 11) is 0. The molecule has 2 fully saturated rings. The van der Waals surface area contributed by atoms with Gasteiger partial charge in [0.15, 0.2) is 0 Å². The highest BCUT2D eigenvalue weighted by Gasteiger charge is 2.33. The van der Waals surface area contributed by atoms with E-state index in [-0.39, 0.29) is 11.9 Å². The third kappa shape index (κ3) is 6.09. The van der Waals surface area contributed by atoms with E-state index in [9.17, 15) is 4.79 Å². The molecule has 0 N–H and O–H groups in total. The molecular weight excluding hydrogens is 344 g/mol. The Bertz CT molecular complexity index is 575. The molecule has 0 unspecified atom stereocenters. The summed E-state index contributed by atoms with van der Waals surface area (Å²) in [4.78, 5) is 12.6. The van der Waals surface area contributed by atoms with E-state index in [4.69, 9.17) is 4.74 Å². The predicted molar refractivity (Wildman–Crippen MR) is 116 cm³/mol. The molecule has 2 heteroatoms. The van der Waals surface area contributed by atoms with Crippen molar-refractivity contribution < 1.29 is 9.53 Å². The molecule has 2 aliphatic carbocycles. The van der Waals surface area contributed by atoms with Gasteiger partial charge in [-0.25, -0.2) is 0 Å². The number of carbonyl (C=O) groups is 1. The Morgan fingerprint density at radius 3 is 2.04 bits per heavy atom. The molecule has 0 aliphatic heterocycles. The zero-order chi connectivity index (χ0) is 19.8. The molecule has 0 aromatic heterocycles. The quantitative estimate of drug-likeness (QED) is 0.346. The summed E-state index contributed by atoms with van der Waals surface area (Å²) in [5, 5.41) is 0. The first-order valence-electron chi connectivity index (χ1n) is 12.0. The third-order valence-electron chi connectivity index (χ3n) is 7.32. The summed E-state index contributed by atoms with van der Waals surface area (Å²) in [6, 6.07) is 8.13. The Labute approximate surface area is 172 Å². The van der Waals surface area contributed by atoms with Gasteiger partial charge in [-0.05, 0) is 86.8 Å². The first kappa shape index (κ1) is 21.4. The molecule has 1 aromatic carbocycles. The lowest BCUT2D eigenvalue weighted by atomic mass is 9.69. The molecule has 0 spiro atoms. The van der Waals surface area contributed by atoms with Crippen LogP contribution in [0.1, 0.15) is 96.5 Å². The van der Waals surface area contributed by atoms with Gasteiger partial charge in [0, 0.05) is 0 Å². The van der Waals surface area contributed by atoms with Gasteiger partial charge in [0.05, 0.1) is 5.92 Å². The van der Waals surface area contributed by atoms with Crippen LogP contribution >= 0.6 is 0 Å². The summed E-state index contributed by atoms with van der Waals surface area (Å²) in [5.74, 6) is 3.56. The van der Waals surface area contributed by atoms with Gasteiger partial charge in [0.2, 0.25) is 0 Å². The lowest BCUT2D eigenvalue weighted by molar-refractivity contribution is -0.140. The molecular formula is C26H40O2. The van der Waals surface area contributed by atoms with Crippen molar-refractivity contribution in [3.63, 3.8) is 0 Å². The fourth-order valence-corrected chi connectivity index (χ4v) is 5.49. The molecule has 0 radical (unpaired) electrons. The highest BCUT2D eigenvalue weighted by Crippen LogP contribution is 2.42. The van der Waals surface area contributed by atoms with E-state index in [1.165, 1.54) is 69.8 Å². The summed E-state index contributed by atoms with van der Waals surface area (Å²) in [5.41, 5.74) is 1.33. The monoisotopic (exact) mass is 384 g/mol. The van der Waals surface area contributed by atoms with E-state index in [1.807, 2.05) is 12.1 Å². The minimum atomic E-state index is -0.00795. The molecule has 0 atom stereocenters. The van der Waals surface area contributed by atoms with Gasteiger partial charge in [-0.3, -0.25) is 4.79 Å². The number of hydrogen-bond acceptors (Lipinski definition) is 2. The zero-order valence-corrected chi connectivity index (χ0v) is 18.1. The van der Waals surface area contributed by atoms with Crippen LogP contribution in [0.2, 0.25) is 0 Å². The van der Waals surface area contributed by atoms with Gasteiger partial charge in [-0.2, -0.15) is 0 Å². The van der Waals surface area contributed by atoms with Crippen LogP contribution in [-0.2, 0) is 11.2 Å². The van der Waals surface area contributed by atoms with Gasteiger partial charge >= 0.3 is 5.97 Å². The average Bonchev–Trinajstić information content (AvgIpc) is 2.74. The van der Waals surface area contributed by atoms with E-state index in [1.54, 1.807) is 0 Å². The van der Waals surface area contributed by atoms with Gasteiger partial charge in [0.25, 0.3) is 0 Å². The molecule has 156 valence electrons. The third-order valence-corrected chi connectivity index (χ3v) is 7.32. The summed E-state index contributed by atoms with van der Waals surface area (Å²) < 4.78 is 5.70. The molecule has 1 aromatic rings. The predicted octanol–water partition coefficient (Wildman–Crippen LogP) is 7.35. The maximum absolute atomic E-state index is 12.6. The second-order valence-corrected chi connectivity index (χ2v) is 9.35. The van der Waals surface area contributed by atoms with Crippen molar-refractivity contribution in [3.8, 4) is 5.75 Å². The van der Waals surface area contributed by atoms with Gasteiger partial charge in [-0.1, -0.05) is 58.1 Å². The number of unbranched alkanes of at least 4 members (excludes halogenated alkanes) is 1. The van der Waals surface area contributed by atoms with Crippen LogP contribution < -0.4 is 4.74 Å².